The van der Waals surface area contributed by atoms with Crippen LogP contribution < -0.4 is 0 Å². The summed E-state index contributed by atoms with van der Waals surface area (Å²) in [6.45, 7) is 1.62. The molecule has 0 aliphatic heterocycles. The van der Waals surface area contributed by atoms with E-state index in [2.05, 4.69) is 4.98 Å². The molecule has 2 heteroatoms. The zero-order valence-corrected chi connectivity index (χ0v) is 7.40. The summed E-state index contributed by atoms with van der Waals surface area (Å²) in [6, 6.07) is 9.73. The van der Waals surface area contributed by atoms with Crippen LogP contribution in [0, 0.1) is 0 Å². The van der Waals surface area contributed by atoms with Crippen molar-refractivity contribution < 1.29 is 5.11 Å². The van der Waals surface area contributed by atoms with Gasteiger partial charge in [0, 0.05) is 11.6 Å². The molecule has 0 saturated carbocycles. The Hall–Kier alpha value is -1.41. The van der Waals surface area contributed by atoms with Crippen LogP contribution in [0.2, 0.25) is 0 Å². The van der Waals surface area contributed by atoms with E-state index in [1.807, 2.05) is 30.3 Å². The minimum Gasteiger partial charge on any atom is -0.258 e. The van der Waals surface area contributed by atoms with Crippen molar-refractivity contribution in [1.29, 1.82) is 0 Å². The molecule has 0 N–H and O–H groups in total. The fourth-order valence-electron chi connectivity index (χ4n) is 1.47. The maximum atomic E-state index is 11.3. The fraction of sp³-hybridized carbons (Fsp3) is 0.182. The third-order valence-corrected chi connectivity index (χ3v) is 2.09. The molecule has 0 saturated heterocycles. The van der Waals surface area contributed by atoms with Gasteiger partial charge in [-0.3, -0.25) is 4.98 Å². The van der Waals surface area contributed by atoms with Crippen LogP contribution in [0.25, 0.3) is 10.8 Å². The molecule has 0 aliphatic carbocycles. The third kappa shape index (κ3) is 1.40. The van der Waals surface area contributed by atoms with E-state index < -0.39 is 6.10 Å². The monoisotopic (exact) mass is 172 g/mol. The van der Waals surface area contributed by atoms with E-state index >= 15 is 0 Å². The van der Waals surface area contributed by atoms with E-state index in [1.165, 1.54) is 0 Å². The van der Waals surface area contributed by atoms with E-state index in [9.17, 15) is 5.11 Å². The minimum absolute atomic E-state index is 0.637. The van der Waals surface area contributed by atoms with Crippen LogP contribution in [0.5, 0.6) is 0 Å². The first-order chi connectivity index (χ1) is 6.29. The zero-order valence-electron chi connectivity index (χ0n) is 7.40. The van der Waals surface area contributed by atoms with Crippen LogP contribution in [-0.4, -0.2) is 4.98 Å². The van der Waals surface area contributed by atoms with Gasteiger partial charge in [-0.1, -0.05) is 24.3 Å². The Bertz CT molecular complexity index is 418. The van der Waals surface area contributed by atoms with Gasteiger partial charge in [-0.15, -0.1) is 0 Å². The number of aromatic nitrogens is 1. The molecule has 1 heterocycles. The Morgan fingerprint density at radius 3 is 2.77 bits per heavy atom. The van der Waals surface area contributed by atoms with Crippen molar-refractivity contribution in [1.82, 2.24) is 4.98 Å². The van der Waals surface area contributed by atoms with Crippen LogP contribution in [-0.2, 0) is 5.11 Å². The highest BCUT2D eigenvalue weighted by atomic mass is 16.3. The van der Waals surface area contributed by atoms with Crippen molar-refractivity contribution in [3.05, 3.63) is 42.2 Å². The van der Waals surface area contributed by atoms with Gasteiger partial charge in [0.2, 0.25) is 0 Å². The topological polar surface area (TPSA) is 32.8 Å². The SMILES string of the molecule is CC([O])c1nccc2ccccc12. The molecule has 0 amide bonds. The lowest BCUT2D eigenvalue weighted by atomic mass is 10.1. The average molecular weight is 172 g/mol. The first-order valence-electron chi connectivity index (χ1n) is 4.28. The van der Waals surface area contributed by atoms with E-state index in [0.29, 0.717) is 5.69 Å². The summed E-state index contributed by atoms with van der Waals surface area (Å²) >= 11 is 0. The minimum atomic E-state index is -0.758. The number of hydrogen-bond acceptors (Lipinski definition) is 1. The van der Waals surface area contributed by atoms with Gasteiger partial charge < -0.3 is 0 Å². The van der Waals surface area contributed by atoms with Crippen molar-refractivity contribution in [2.24, 2.45) is 0 Å². The average Bonchev–Trinajstić information content (AvgIpc) is 2.17. The highest BCUT2D eigenvalue weighted by Crippen LogP contribution is 2.21. The van der Waals surface area contributed by atoms with Gasteiger partial charge in [-0.05, 0) is 18.4 Å². The van der Waals surface area contributed by atoms with Gasteiger partial charge in [-0.2, -0.15) is 0 Å². The molecule has 0 fully saturated rings. The maximum absolute atomic E-state index is 11.3. The lowest BCUT2D eigenvalue weighted by molar-refractivity contribution is 0.104. The molecule has 1 aromatic carbocycles. The smallest absolute Gasteiger partial charge is 0.133 e. The molecular formula is C11H10NO. The molecule has 1 aromatic heterocycles. The van der Waals surface area contributed by atoms with Crippen LogP contribution in [0.4, 0.5) is 0 Å². The Morgan fingerprint density at radius 2 is 2.00 bits per heavy atom. The largest absolute Gasteiger partial charge is 0.258 e. The van der Waals surface area contributed by atoms with Crippen LogP contribution in [0.15, 0.2) is 36.5 Å². The van der Waals surface area contributed by atoms with E-state index in [4.69, 9.17) is 0 Å². The van der Waals surface area contributed by atoms with Gasteiger partial charge in [-0.25, -0.2) is 5.11 Å². The second-order valence-corrected chi connectivity index (χ2v) is 3.06. The summed E-state index contributed by atoms with van der Waals surface area (Å²) in [5.74, 6) is 0. The summed E-state index contributed by atoms with van der Waals surface area (Å²) < 4.78 is 0. The highest BCUT2D eigenvalue weighted by molar-refractivity contribution is 5.84. The summed E-state index contributed by atoms with van der Waals surface area (Å²) in [4.78, 5) is 4.09. The first-order valence-corrected chi connectivity index (χ1v) is 4.28. The number of fused-ring (bicyclic) bond motifs is 1. The predicted molar refractivity (Wildman–Crippen MR) is 50.8 cm³/mol. The van der Waals surface area contributed by atoms with E-state index in [-0.39, 0.29) is 0 Å². The van der Waals surface area contributed by atoms with E-state index in [0.717, 1.165) is 10.8 Å². The van der Waals surface area contributed by atoms with Gasteiger partial charge in [0.05, 0.1) is 5.69 Å². The molecule has 65 valence electrons. The molecular weight excluding hydrogens is 162 g/mol. The van der Waals surface area contributed by atoms with Gasteiger partial charge in [0.25, 0.3) is 0 Å². The molecule has 0 aliphatic rings. The van der Waals surface area contributed by atoms with Crippen molar-refractivity contribution in [3.8, 4) is 0 Å². The Balaban J connectivity index is 2.76. The molecule has 13 heavy (non-hydrogen) atoms. The number of hydrogen-bond donors (Lipinski definition) is 0. The van der Waals surface area contributed by atoms with Gasteiger partial charge in [0.15, 0.2) is 0 Å². The van der Waals surface area contributed by atoms with Crippen LogP contribution in [0.1, 0.15) is 18.7 Å². The Morgan fingerprint density at radius 1 is 1.23 bits per heavy atom. The standard InChI is InChI=1S/C11H10NO/c1-8(13)11-10-5-3-2-4-9(10)6-7-12-11/h2-8H,1H3. The number of nitrogens with zero attached hydrogens (tertiary/aromatic N) is 1. The molecule has 1 atom stereocenters. The van der Waals surface area contributed by atoms with Crippen molar-refractivity contribution >= 4 is 10.8 Å². The van der Waals surface area contributed by atoms with Crippen LogP contribution in [0.3, 0.4) is 0 Å². The molecule has 1 unspecified atom stereocenters. The van der Waals surface area contributed by atoms with Gasteiger partial charge in [0.1, 0.15) is 6.10 Å². The lowest BCUT2D eigenvalue weighted by Gasteiger charge is -2.05. The van der Waals surface area contributed by atoms with E-state index in [1.54, 1.807) is 13.1 Å². The molecule has 2 nitrogen and oxygen atoms in total. The molecule has 2 aromatic rings. The summed E-state index contributed by atoms with van der Waals surface area (Å²) in [7, 11) is 0. The quantitative estimate of drug-likeness (QED) is 0.651. The Kier molecular flexibility index (Phi) is 1.99. The van der Waals surface area contributed by atoms with Crippen molar-refractivity contribution in [3.63, 3.8) is 0 Å². The highest BCUT2D eigenvalue weighted by Gasteiger charge is 2.07. The summed E-state index contributed by atoms with van der Waals surface area (Å²) in [5.41, 5.74) is 0.637. The second kappa shape index (κ2) is 3.15. The summed E-state index contributed by atoms with van der Waals surface area (Å²) in [5, 5.41) is 13.3. The zero-order chi connectivity index (χ0) is 9.26. The summed E-state index contributed by atoms with van der Waals surface area (Å²) in [6.07, 6.45) is 0.928. The van der Waals surface area contributed by atoms with Crippen molar-refractivity contribution in [2.75, 3.05) is 0 Å². The maximum Gasteiger partial charge on any atom is 0.133 e. The predicted octanol–water partition coefficient (Wildman–Crippen LogP) is 2.73. The normalized spacial score (nSPS) is 13.1. The molecule has 2 rings (SSSR count). The van der Waals surface area contributed by atoms with Crippen molar-refractivity contribution in [2.45, 2.75) is 13.0 Å². The first kappa shape index (κ1) is 8.20. The lowest BCUT2D eigenvalue weighted by Crippen LogP contribution is -1.94. The Labute approximate surface area is 76.9 Å². The van der Waals surface area contributed by atoms with Gasteiger partial charge >= 0.3 is 0 Å². The third-order valence-electron chi connectivity index (χ3n) is 2.09. The van der Waals surface area contributed by atoms with Crippen LogP contribution >= 0.6 is 0 Å². The molecule has 1 radical (unpaired) electrons. The number of benzene rings is 1. The second-order valence-electron chi connectivity index (χ2n) is 3.06. The molecule has 0 spiro atoms. The number of rotatable bonds is 1. The fourth-order valence-corrected chi connectivity index (χ4v) is 1.47. The molecule has 0 bridgehead atoms. The number of pyridine rings is 1.